The fourth-order valence-corrected chi connectivity index (χ4v) is 2.09. The first-order valence-corrected chi connectivity index (χ1v) is 6.12. The molecule has 0 amide bonds. The molecule has 0 aromatic heterocycles. The Kier molecular flexibility index (Phi) is 3.59. The van der Waals surface area contributed by atoms with Crippen LogP contribution in [0.3, 0.4) is 0 Å². The molecule has 88 valence electrons. The Morgan fingerprint density at radius 3 is 2.81 bits per heavy atom. The SMILES string of the molecule is Cc1cc(CNCC(C)C2CC2)ccc1F. The van der Waals surface area contributed by atoms with Gasteiger partial charge >= 0.3 is 0 Å². The molecular weight excluding hydrogens is 201 g/mol. The quantitative estimate of drug-likeness (QED) is 0.804. The summed E-state index contributed by atoms with van der Waals surface area (Å²) in [5.74, 6) is 1.61. The van der Waals surface area contributed by atoms with E-state index in [1.165, 1.54) is 18.4 Å². The van der Waals surface area contributed by atoms with Crippen molar-refractivity contribution in [3.05, 3.63) is 35.1 Å². The molecule has 1 aliphatic carbocycles. The van der Waals surface area contributed by atoms with Gasteiger partial charge in [-0.15, -0.1) is 0 Å². The second kappa shape index (κ2) is 4.96. The van der Waals surface area contributed by atoms with E-state index in [-0.39, 0.29) is 5.82 Å². The highest BCUT2D eigenvalue weighted by atomic mass is 19.1. The van der Waals surface area contributed by atoms with Crippen LogP contribution < -0.4 is 5.32 Å². The highest BCUT2D eigenvalue weighted by Gasteiger charge is 2.27. The van der Waals surface area contributed by atoms with Gasteiger partial charge in [-0.2, -0.15) is 0 Å². The number of nitrogens with one attached hydrogen (secondary N) is 1. The summed E-state index contributed by atoms with van der Waals surface area (Å²) in [6.07, 6.45) is 2.80. The van der Waals surface area contributed by atoms with Crippen LogP contribution >= 0.6 is 0 Å². The molecule has 1 saturated carbocycles. The Labute approximate surface area is 97.1 Å². The fourth-order valence-electron chi connectivity index (χ4n) is 2.09. The van der Waals surface area contributed by atoms with Crippen LogP contribution in [0.2, 0.25) is 0 Å². The monoisotopic (exact) mass is 221 g/mol. The van der Waals surface area contributed by atoms with Crippen molar-refractivity contribution in [2.75, 3.05) is 6.54 Å². The maximum Gasteiger partial charge on any atom is 0.126 e. The van der Waals surface area contributed by atoms with Crippen LogP contribution in [0, 0.1) is 24.6 Å². The Bertz CT molecular complexity index is 358. The van der Waals surface area contributed by atoms with Crippen LogP contribution in [0.15, 0.2) is 18.2 Å². The van der Waals surface area contributed by atoms with Gasteiger partial charge in [-0.25, -0.2) is 4.39 Å². The summed E-state index contributed by atoms with van der Waals surface area (Å²) in [6.45, 7) is 6.03. The highest BCUT2D eigenvalue weighted by Crippen LogP contribution is 2.36. The Morgan fingerprint density at radius 1 is 1.44 bits per heavy atom. The molecule has 1 atom stereocenters. The van der Waals surface area contributed by atoms with Crippen LogP contribution in [-0.2, 0) is 6.54 Å². The van der Waals surface area contributed by atoms with Crippen molar-refractivity contribution in [1.29, 1.82) is 0 Å². The molecule has 0 spiro atoms. The molecule has 16 heavy (non-hydrogen) atoms. The lowest BCUT2D eigenvalue weighted by molar-refractivity contribution is 0.461. The number of hydrogen-bond donors (Lipinski definition) is 1. The molecule has 0 heterocycles. The second-order valence-electron chi connectivity index (χ2n) is 5.03. The van der Waals surface area contributed by atoms with Gasteiger partial charge in [-0.1, -0.05) is 19.1 Å². The molecule has 0 bridgehead atoms. The van der Waals surface area contributed by atoms with Crippen LogP contribution in [-0.4, -0.2) is 6.54 Å². The zero-order valence-corrected chi connectivity index (χ0v) is 10.1. The van der Waals surface area contributed by atoms with Gasteiger partial charge in [-0.05, 0) is 55.3 Å². The van der Waals surface area contributed by atoms with Crippen molar-refractivity contribution in [1.82, 2.24) is 5.32 Å². The largest absolute Gasteiger partial charge is 0.312 e. The number of halogens is 1. The van der Waals surface area contributed by atoms with Gasteiger partial charge in [0.25, 0.3) is 0 Å². The maximum atomic E-state index is 13.0. The molecule has 1 nitrogen and oxygen atoms in total. The van der Waals surface area contributed by atoms with Crippen molar-refractivity contribution < 1.29 is 4.39 Å². The normalized spacial score (nSPS) is 17.4. The summed E-state index contributed by atoms with van der Waals surface area (Å²) in [7, 11) is 0. The van der Waals surface area contributed by atoms with Gasteiger partial charge in [0.1, 0.15) is 5.82 Å². The van der Waals surface area contributed by atoms with Crippen molar-refractivity contribution in [3.8, 4) is 0 Å². The summed E-state index contributed by atoms with van der Waals surface area (Å²) < 4.78 is 13.0. The van der Waals surface area contributed by atoms with Gasteiger partial charge in [0.05, 0.1) is 0 Å². The van der Waals surface area contributed by atoms with E-state index >= 15 is 0 Å². The van der Waals surface area contributed by atoms with E-state index in [0.717, 1.165) is 30.5 Å². The Balaban J connectivity index is 1.78. The van der Waals surface area contributed by atoms with E-state index in [1.54, 1.807) is 6.07 Å². The molecule has 1 aromatic carbocycles. The number of rotatable bonds is 5. The first-order chi connectivity index (χ1) is 7.66. The predicted octanol–water partition coefficient (Wildman–Crippen LogP) is 3.27. The number of aryl methyl sites for hydroxylation is 1. The molecule has 1 fully saturated rings. The fraction of sp³-hybridized carbons (Fsp3) is 0.571. The second-order valence-corrected chi connectivity index (χ2v) is 5.03. The molecule has 0 saturated heterocycles. The minimum Gasteiger partial charge on any atom is -0.312 e. The average Bonchev–Trinajstić information content (AvgIpc) is 3.07. The lowest BCUT2D eigenvalue weighted by Gasteiger charge is -2.11. The summed E-state index contributed by atoms with van der Waals surface area (Å²) in [4.78, 5) is 0. The maximum absolute atomic E-state index is 13.0. The van der Waals surface area contributed by atoms with E-state index < -0.39 is 0 Å². The number of benzene rings is 1. The third-order valence-corrected chi connectivity index (χ3v) is 3.44. The van der Waals surface area contributed by atoms with E-state index in [0.29, 0.717) is 0 Å². The summed E-state index contributed by atoms with van der Waals surface area (Å²) in [6, 6.07) is 5.33. The van der Waals surface area contributed by atoms with Gasteiger partial charge < -0.3 is 5.32 Å². The summed E-state index contributed by atoms with van der Waals surface area (Å²) in [5, 5.41) is 3.45. The lowest BCUT2D eigenvalue weighted by Crippen LogP contribution is -2.21. The summed E-state index contributed by atoms with van der Waals surface area (Å²) in [5.41, 5.74) is 1.90. The first kappa shape index (κ1) is 11.6. The minimum absolute atomic E-state index is 0.116. The number of hydrogen-bond acceptors (Lipinski definition) is 1. The predicted molar refractivity (Wildman–Crippen MR) is 64.7 cm³/mol. The van der Waals surface area contributed by atoms with Gasteiger partial charge in [-0.3, -0.25) is 0 Å². The molecule has 1 N–H and O–H groups in total. The van der Waals surface area contributed by atoms with E-state index in [4.69, 9.17) is 0 Å². The Morgan fingerprint density at radius 2 is 2.19 bits per heavy atom. The van der Waals surface area contributed by atoms with E-state index in [1.807, 2.05) is 19.1 Å². The first-order valence-electron chi connectivity index (χ1n) is 6.12. The standard InChI is InChI=1S/C14H20FN/c1-10-7-12(3-6-14(10)15)9-16-8-11(2)13-4-5-13/h3,6-7,11,13,16H,4-5,8-9H2,1-2H3. The third-order valence-electron chi connectivity index (χ3n) is 3.44. The van der Waals surface area contributed by atoms with Gasteiger partial charge in [0.2, 0.25) is 0 Å². The van der Waals surface area contributed by atoms with Crippen LogP contribution in [0.25, 0.3) is 0 Å². The molecule has 0 aliphatic heterocycles. The van der Waals surface area contributed by atoms with Crippen molar-refractivity contribution in [2.45, 2.75) is 33.2 Å². The zero-order chi connectivity index (χ0) is 11.5. The molecular formula is C14H20FN. The molecule has 1 unspecified atom stereocenters. The van der Waals surface area contributed by atoms with Gasteiger partial charge in [0, 0.05) is 6.54 Å². The molecule has 1 aliphatic rings. The van der Waals surface area contributed by atoms with Crippen molar-refractivity contribution in [3.63, 3.8) is 0 Å². The van der Waals surface area contributed by atoms with E-state index in [9.17, 15) is 4.39 Å². The average molecular weight is 221 g/mol. The highest BCUT2D eigenvalue weighted by molar-refractivity contribution is 5.23. The van der Waals surface area contributed by atoms with Crippen LogP contribution in [0.5, 0.6) is 0 Å². The topological polar surface area (TPSA) is 12.0 Å². The van der Waals surface area contributed by atoms with Crippen LogP contribution in [0.1, 0.15) is 30.9 Å². The van der Waals surface area contributed by atoms with E-state index in [2.05, 4.69) is 12.2 Å². The smallest absolute Gasteiger partial charge is 0.126 e. The van der Waals surface area contributed by atoms with Crippen molar-refractivity contribution in [2.24, 2.45) is 11.8 Å². The summed E-state index contributed by atoms with van der Waals surface area (Å²) >= 11 is 0. The molecule has 1 aromatic rings. The zero-order valence-electron chi connectivity index (χ0n) is 10.1. The van der Waals surface area contributed by atoms with Crippen LogP contribution in [0.4, 0.5) is 4.39 Å². The molecule has 2 rings (SSSR count). The Hall–Kier alpha value is -0.890. The van der Waals surface area contributed by atoms with Crippen molar-refractivity contribution >= 4 is 0 Å². The minimum atomic E-state index is -0.116. The third kappa shape index (κ3) is 3.05. The lowest BCUT2D eigenvalue weighted by atomic mass is 10.1. The molecule has 2 heteroatoms. The van der Waals surface area contributed by atoms with Gasteiger partial charge in [0.15, 0.2) is 0 Å². The molecule has 0 radical (unpaired) electrons.